The number of rotatable bonds is 1. The molecule has 4 nitrogen and oxygen atoms in total. The third kappa shape index (κ3) is 2.88. The van der Waals surface area contributed by atoms with Gasteiger partial charge in [-0.25, -0.2) is 0 Å². The molecular formula is C16H9ClN2O2. The van der Waals surface area contributed by atoms with Gasteiger partial charge in [0.15, 0.2) is 5.95 Å². The Bertz CT molecular complexity index is 815. The first-order valence-electron chi connectivity index (χ1n) is 6.16. The van der Waals surface area contributed by atoms with Crippen molar-refractivity contribution in [3.05, 3.63) is 70.9 Å². The van der Waals surface area contributed by atoms with Gasteiger partial charge in [0.2, 0.25) is 5.69 Å². The van der Waals surface area contributed by atoms with Crippen LogP contribution in [0.15, 0.2) is 59.1 Å². The van der Waals surface area contributed by atoms with Crippen LogP contribution in [0.2, 0.25) is 5.02 Å². The lowest BCUT2D eigenvalue weighted by atomic mass is 10.2. The maximum atomic E-state index is 11.7. The highest BCUT2D eigenvalue weighted by Gasteiger charge is 2.18. The van der Waals surface area contributed by atoms with Crippen molar-refractivity contribution >= 4 is 11.6 Å². The fraction of sp³-hybridized carbons (Fsp3) is 0. The minimum Gasteiger partial charge on any atom is -0.538 e. The Labute approximate surface area is 126 Å². The van der Waals surface area contributed by atoms with Crippen molar-refractivity contribution in [1.29, 1.82) is 0 Å². The monoisotopic (exact) mass is 296 g/mol. The molecule has 0 atom stereocenters. The summed E-state index contributed by atoms with van der Waals surface area (Å²) in [6, 6.07) is 16.3. The average molecular weight is 297 g/mol. The van der Waals surface area contributed by atoms with Gasteiger partial charge < -0.3 is 9.63 Å². The second-order valence-corrected chi connectivity index (χ2v) is 4.65. The predicted molar refractivity (Wildman–Crippen MR) is 74.9 cm³/mol. The number of hydrogen-bond acceptors (Lipinski definition) is 3. The van der Waals surface area contributed by atoms with Gasteiger partial charge in [0.05, 0.1) is 5.27 Å². The van der Waals surface area contributed by atoms with Crippen LogP contribution in [0.3, 0.4) is 0 Å². The van der Waals surface area contributed by atoms with Gasteiger partial charge in [0.1, 0.15) is 0 Å². The maximum Gasteiger partial charge on any atom is 0.314 e. The first-order valence-corrected chi connectivity index (χ1v) is 6.54. The largest absolute Gasteiger partial charge is 0.538 e. The fourth-order valence-electron chi connectivity index (χ4n) is 1.76. The molecule has 21 heavy (non-hydrogen) atoms. The smallest absolute Gasteiger partial charge is 0.314 e. The second-order valence-electron chi connectivity index (χ2n) is 4.21. The first-order chi connectivity index (χ1) is 10.2. The molecule has 0 aliphatic rings. The molecule has 1 heterocycles. The molecule has 0 aliphatic heterocycles. The maximum absolute atomic E-state index is 11.7. The number of nitrogens with zero attached hydrogens (tertiary/aromatic N) is 2. The van der Waals surface area contributed by atoms with E-state index < -0.39 is 5.95 Å². The van der Waals surface area contributed by atoms with Crippen LogP contribution in [0, 0.1) is 11.8 Å². The molecule has 0 saturated carbocycles. The summed E-state index contributed by atoms with van der Waals surface area (Å²) in [7, 11) is 0. The summed E-state index contributed by atoms with van der Waals surface area (Å²) < 4.78 is 6.05. The van der Waals surface area contributed by atoms with E-state index in [0.29, 0.717) is 10.7 Å². The van der Waals surface area contributed by atoms with Gasteiger partial charge in [0, 0.05) is 28.6 Å². The topological polar surface area (TPSA) is 53.0 Å². The number of hydrogen-bond donors (Lipinski definition) is 0. The molecule has 0 aliphatic carbocycles. The molecule has 1 aromatic heterocycles. The normalized spacial score (nSPS) is 9.95. The van der Waals surface area contributed by atoms with Gasteiger partial charge in [-0.2, -0.15) is 0 Å². The molecule has 0 saturated heterocycles. The van der Waals surface area contributed by atoms with Crippen molar-refractivity contribution in [2.75, 3.05) is 0 Å². The van der Waals surface area contributed by atoms with Crippen LogP contribution in [-0.2, 0) is 0 Å². The Morgan fingerprint density at radius 1 is 1.00 bits per heavy atom. The Kier molecular flexibility index (Phi) is 3.59. The van der Waals surface area contributed by atoms with Gasteiger partial charge in [-0.05, 0) is 28.9 Å². The van der Waals surface area contributed by atoms with E-state index in [2.05, 4.69) is 17.1 Å². The second kappa shape index (κ2) is 5.70. The summed E-state index contributed by atoms with van der Waals surface area (Å²) in [6.07, 6.45) is 0. The highest BCUT2D eigenvalue weighted by Crippen LogP contribution is 2.12. The molecule has 0 unspecified atom stereocenters. The summed E-state index contributed by atoms with van der Waals surface area (Å²) in [5.41, 5.74) is 1.63. The summed E-state index contributed by atoms with van der Waals surface area (Å²) in [6.45, 7) is 0. The zero-order valence-electron chi connectivity index (χ0n) is 10.8. The van der Waals surface area contributed by atoms with Gasteiger partial charge in [-0.1, -0.05) is 35.7 Å². The van der Waals surface area contributed by atoms with Gasteiger partial charge >= 0.3 is 5.69 Å². The molecule has 0 N–H and O–H groups in total. The molecule has 2 aromatic carbocycles. The molecule has 102 valence electrons. The first kappa shape index (κ1) is 13.2. The third-order valence-electron chi connectivity index (χ3n) is 2.78. The number of benzene rings is 2. The van der Waals surface area contributed by atoms with Crippen LogP contribution in [0.1, 0.15) is 11.3 Å². The van der Waals surface area contributed by atoms with Crippen molar-refractivity contribution < 1.29 is 14.3 Å². The third-order valence-corrected chi connectivity index (χ3v) is 3.03. The van der Waals surface area contributed by atoms with Crippen LogP contribution in [0.25, 0.3) is 5.69 Å². The zero-order chi connectivity index (χ0) is 14.7. The van der Waals surface area contributed by atoms with Crippen molar-refractivity contribution in [1.82, 2.24) is 5.27 Å². The van der Waals surface area contributed by atoms with E-state index in [-0.39, 0.29) is 5.69 Å². The lowest BCUT2D eigenvalue weighted by molar-refractivity contribution is -0.672. The van der Waals surface area contributed by atoms with Crippen molar-refractivity contribution in [2.24, 2.45) is 0 Å². The predicted octanol–water partition coefficient (Wildman–Crippen LogP) is 2.08. The van der Waals surface area contributed by atoms with Crippen molar-refractivity contribution in [2.45, 2.75) is 0 Å². The summed E-state index contributed by atoms with van der Waals surface area (Å²) in [5, 5.41) is 16.0. The number of halogens is 1. The Morgan fingerprint density at radius 3 is 2.43 bits per heavy atom. The lowest BCUT2D eigenvalue weighted by Gasteiger charge is -1.92. The minimum absolute atomic E-state index is 0.168. The molecule has 3 aromatic rings. The Balaban J connectivity index is 2.02. The molecule has 5 heteroatoms. The van der Waals surface area contributed by atoms with E-state index in [1.54, 1.807) is 24.3 Å². The SMILES string of the molecule is [O-]c1on[n+](-c2ccc(Cl)cc2)c1C#Cc1ccccc1. The van der Waals surface area contributed by atoms with Gasteiger partial charge in [-0.3, -0.25) is 0 Å². The molecule has 0 bridgehead atoms. The van der Waals surface area contributed by atoms with Crippen LogP contribution in [0.4, 0.5) is 0 Å². The summed E-state index contributed by atoms with van der Waals surface area (Å²) >= 11 is 5.84. The highest BCUT2D eigenvalue weighted by molar-refractivity contribution is 6.30. The lowest BCUT2D eigenvalue weighted by Crippen LogP contribution is -2.35. The van der Waals surface area contributed by atoms with Gasteiger partial charge in [0.25, 0.3) is 0 Å². The van der Waals surface area contributed by atoms with E-state index in [4.69, 9.17) is 16.1 Å². The molecule has 0 spiro atoms. The van der Waals surface area contributed by atoms with E-state index in [0.717, 1.165) is 5.56 Å². The van der Waals surface area contributed by atoms with Crippen LogP contribution in [-0.4, -0.2) is 5.27 Å². The van der Waals surface area contributed by atoms with Crippen LogP contribution in [0.5, 0.6) is 5.95 Å². The Morgan fingerprint density at radius 2 is 1.71 bits per heavy atom. The van der Waals surface area contributed by atoms with Crippen molar-refractivity contribution in [3.63, 3.8) is 0 Å². The van der Waals surface area contributed by atoms with E-state index >= 15 is 0 Å². The summed E-state index contributed by atoms with van der Waals surface area (Å²) in [5.74, 6) is 5.14. The van der Waals surface area contributed by atoms with E-state index in [1.807, 2.05) is 30.3 Å². The Hall–Kier alpha value is -2.77. The molecule has 3 rings (SSSR count). The van der Waals surface area contributed by atoms with Gasteiger partial charge in [-0.15, -0.1) is 0 Å². The molecule has 0 amide bonds. The standard InChI is InChI=1S/C16H9ClN2O2/c17-13-7-9-14(10-8-13)19-15(16(20)21-18-19)11-6-12-4-2-1-3-5-12/h1-5,7-10H. The van der Waals surface area contributed by atoms with E-state index in [1.165, 1.54) is 4.68 Å². The summed E-state index contributed by atoms with van der Waals surface area (Å²) in [4.78, 5) is 0. The molecular weight excluding hydrogens is 288 g/mol. The molecule has 0 fully saturated rings. The fourth-order valence-corrected chi connectivity index (χ4v) is 1.89. The molecule has 0 radical (unpaired) electrons. The van der Waals surface area contributed by atoms with E-state index in [9.17, 15) is 5.11 Å². The zero-order valence-corrected chi connectivity index (χ0v) is 11.5. The van der Waals surface area contributed by atoms with Crippen LogP contribution >= 0.6 is 11.6 Å². The minimum atomic E-state index is -0.576. The number of aromatic nitrogens is 2. The van der Waals surface area contributed by atoms with Crippen molar-refractivity contribution in [3.8, 4) is 23.5 Å². The highest BCUT2D eigenvalue weighted by atomic mass is 35.5. The van der Waals surface area contributed by atoms with Crippen LogP contribution < -0.4 is 9.79 Å². The average Bonchev–Trinajstić information content (AvgIpc) is 2.88. The quantitative estimate of drug-likeness (QED) is 0.510.